The predicted molar refractivity (Wildman–Crippen MR) is 101 cm³/mol. The van der Waals surface area contributed by atoms with Crippen molar-refractivity contribution in [1.29, 1.82) is 0 Å². The second-order valence-corrected chi connectivity index (χ2v) is 6.45. The van der Waals surface area contributed by atoms with Gasteiger partial charge in [-0.05, 0) is 42.0 Å². The number of nitrogens with one attached hydrogen (secondary N) is 1. The zero-order valence-corrected chi connectivity index (χ0v) is 14.9. The summed E-state index contributed by atoms with van der Waals surface area (Å²) in [6.07, 6.45) is -3.03. The molecule has 2 aromatic carbocycles. The molecule has 1 aliphatic heterocycles. The first kappa shape index (κ1) is 18.7. The highest BCUT2D eigenvalue weighted by Gasteiger charge is 2.34. The van der Waals surface area contributed by atoms with E-state index in [1.165, 1.54) is 29.3 Å². The van der Waals surface area contributed by atoms with Gasteiger partial charge in [-0.15, -0.1) is 0 Å². The molecule has 4 rings (SSSR count). The van der Waals surface area contributed by atoms with Crippen LogP contribution in [0.1, 0.15) is 32.0 Å². The first-order chi connectivity index (χ1) is 13.8. The minimum absolute atomic E-state index is 0.114. The minimum Gasteiger partial charge on any atom is -0.320 e. The molecule has 1 aromatic heterocycles. The number of benzene rings is 2. The van der Waals surface area contributed by atoms with Crippen LogP contribution in [0, 0.1) is 0 Å². The van der Waals surface area contributed by atoms with Crippen molar-refractivity contribution >= 4 is 23.2 Å². The van der Waals surface area contributed by atoms with E-state index in [-0.39, 0.29) is 29.2 Å². The Hall–Kier alpha value is -3.68. The molecule has 0 saturated carbocycles. The van der Waals surface area contributed by atoms with Gasteiger partial charge in [-0.3, -0.25) is 14.6 Å². The second-order valence-electron chi connectivity index (χ2n) is 6.45. The van der Waals surface area contributed by atoms with Crippen molar-refractivity contribution in [3.63, 3.8) is 0 Å². The number of aromatic nitrogens is 1. The molecular weight excluding hydrogens is 383 g/mol. The predicted octanol–water partition coefficient (Wildman–Crippen LogP) is 4.51. The number of carbonyl (C=O) groups excluding carboxylic acids is 2. The lowest BCUT2D eigenvalue weighted by Gasteiger charge is -2.17. The van der Waals surface area contributed by atoms with Crippen LogP contribution >= 0.6 is 0 Å². The van der Waals surface area contributed by atoms with Crippen molar-refractivity contribution in [2.45, 2.75) is 12.7 Å². The first-order valence-electron chi connectivity index (χ1n) is 8.68. The van der Waals surface area contributed by atoms with E-state index in [9.17, 15) is 22.8 Å². The van der Waals surface area contributed by atoms with E-state index in [1.807, 2.05) is 0 Å². The normalized spacial score (nSPS) is 13.3. The van der Waals surface area contributed by atoms with Gasteiger partial charge in [0.1, 0.15) is 5.69 Å². The molecule has 3 aromatic rings. The molecule has 2 heterocycles. The Morgan fingerprint density at radius 3 is 2.55 bits per heavy atom. The number of halogens is 3. The topological polar surface area (TPSA) is 62.3 Å². The monoisotopic (exact) mass is 397 g/mol. The standard InChI is InChI=1S/C21H14F3N3O2/c22-21(23,24)14-6-4-7-15(11-14)27-12-13-5-3-9-16(18(13)20(27)29)26-19(28)17-8-1-2-10-25-17/h1-11H,12H2,(H,26,28). The molecule has 29 heavy (non-hydrogen) atoms. The fraction of sp³-hybridized carbons (Fsp3) is 0.0952. The van der Waals surface area contributed by atoms with Crippen molar-refractivity contribution < 1.29 is 22.8 Å². The van der Waals surface area contributed by atoms with Crippen molar-refractivity contribution in [3.05, 3.63) is 89.2 Å². The summed E-state index contributed by atoms with van der Waals surface area (Å²) < 4.78 is 39.1. The number of pyridine rings is 1. The van der Waals surface area contributed by atoms with Crippen LogP contribution in [0.2, 0.25) is 0 Å². The average Bonchev–Trinajstić information content (AvgIpc) is 3.06. The first-order valence-corrected chi connectivity index (χ1v) is 8.68. The van der Waals surface area contributed by atoms with Gasteiger partial charge in [0.15, 0.2) is 0 Å². The molecular formula is C21H14F3N3O2. The van der Waals surface area contributed by atoms with Crippen LogP contribution in [0.25, 0.3) is 0 Å². The zero-order valence-electron chi connectivity index (χ0n) is 14.9. The Morgan fingerprint density at radius 2 is 1.83 bits per heavy atom. The number of carbonyl (C=O) groups is 2. The smallest absolute Gasteiger partial charge is 0.320 e. The van der Waals surface area contributed by atoms with Crippen LogP contribution in [0.5, 0.6) is 0 Å². The Bertz CT molecular complexity index is 1100. The van der Waals surface area contributed by atoms with E-state index >= 15 is 0 Å². The molecule has 0 atom stereocenters. The quantitative estimate of drug-likeness (QED) is 0.707. The molecule has 0 aliphatic carbocycles. The van der Waals surface area contributed by atoms with Gasteiger partial charge in [0.05, 0.1) is 23.4 Å². The van der Waals surface area contributed by atoms with Gasteiger partial charge in [-0.1, -0.05) is 24.3 Å². The highest BCUT2D eigenvalue weighted by Crippen LogP contribution is 2.36. The lowest BCUT2D eigenvalue weighted by molar-refractivity contribution is -0.137. The third-order valence-corrected chi connectivity index (χ3v) is 4.57. The van der Waals surface area contributed by atoms with Crippen LogP contribution in [-0.2, 0) is 12.7 Å². The van der Waals surface area contributed by atoms with Crippen molar-refractivity contribution in [1.82, 2.24) is 4.98 Å². The number of fused-ring (bicyclic) bond motifs is 1. The summed E-state index contributed by atoms with van der Waals surface area (Å²) in [5.41, 5.74) is 0.661. The van der Waals surface area contributed by atoms with Crippen LogP contribution in [0.15, 0.2) is 66.9 Å². The van der Waals surface area contributed by atoms with Crippen molar-refractivity contribution in [2.24, 2.45) is 0 Å². The molecule has 2 amide bonds. The van der Waals surface area contributed by atoms with Gasteiger partial charge < -0.3 is 10.2 Å². The number of amides is 2. The molecule has 0 saturated heterocycles. The number of nitrogens with zero attached hydrogens (tertiary/aromatic N) is 2. The van der Waals surface area contributed by atoms with Crippen molar-refractivity contribution in [3.8, 4) is 0 Å². The molecule has 146 valence electrons. The maximum atomic E-state index is 13.0. The third-order valence-electron chi connectivity index (χ3n) is 4.57. The van der Waals surface area contributed by atoms with E-state index in [1.54, 1.807) is 30.3 Å². The summed E-state index contributed by atoms with van der Waals surface area (Å²) in [6, 6.07) is 14.4. The van der Waals surface area contributed by atoms with Crippen molar-refractivity contribution in [2.75, 3.05) is 10.2 Å². The van der Waals surface area contributed by atoms with Gasteiger partial charge in [0.2, 0.25) is 0 Å². The van der Waals surface area contributed by atoms with E-state index in [0.717, 1.165) is 12.1 Å². The molecule has 0 radical (unpaired) electrons. The Kier molecular flexibility index (Phi) is 4.54. The van der Waals surface area contributed by atoms with Gasteiger partial charge >= 0.3 is 6.18 Å². The van der Waals surface area contributed by atoms with Crippen LogP contribution < -0.4 is 10.2 Å². The fourth-order valence-electron chi connectivity index (χ4n) is 3.21. The van der Waals surface area contributed by atoms with E-state index in [4.69, 9.17) is 0 Å². The molecule has 1 aliphatic rings. The SMILES string of the molecule is O=C(Nc1cccc2c1C(=O)N(c1cccc(C(F)(F)F)c1)C2)c1ccccn1. The zero-order chi connectivity index (χ0) is 20.6. The summed E-state index contributed by atoms with van der Waals surface area (Å²) in [6.45, 7) is 0.114. The van der Waals surface area contributed by atoms with Gasteiger partial charge in [-0.2, -0.15) is 13.2 Å². The second kappa shape index (κ2) is 7.05. The Balaban J connectivity index is 1.65. The summed E-state index contributed by atoms with van der Waals surface area (Å²) in [5, 5.41) is 2.67. The number of alkyl halides is 3. The molecule has 5 nitrogen and oxygen atoms in total. The van der Waals surface area contributed by atoms with E-state index in [0.29, 0.717) is 5.56 Å². The lowest BCUT2D eigenvalue weighted by atomic mass is 10.1. The highest BCUT2D eigenvalue weighted by molar-refractivity contribution is 6.16. The maximum Gasteiger partial charge on any atom is 0.416 e. The third kappa shape index (κ3) is 3.56. The van der Waals surface area contributed by atoms with Gasteiger partial charge in [0.25, 0.3) is 11.8 Å². The van der Waals surface area contributed by atoms with Crippen LogP contribution in [0.4, 0.5) is 24.5 Å². The number of hydrogen-bond donors (Lipinski definition) is 1. The molecule has 0 fully saturated rings. The number of rotatable bonds is 3. The Morgan fingerprint density at radius 1 is 1.03 bits per heavy atom. The Labute approximate surface area is 163 Å². The largest absolute Gasteiger partial charge is 0.416 e. The van der Waals surface area contributed by atoms with Gasteiger partial charge in [-0.25, -0.2) is 0 Å². The summed E-state index contributed by atoms with van der Waals surface area (Å²) in [5.74, 6) is -0.958. The molecule has 1 N–H and O–H groups in total. The summed E-state index contributed by atoms with van der Waals surface area (Å²) >= 11 is 0. The van der Waals surface area contributed by atoms with Crippen LogP contribution in [-0.4, -0.2) is 16.8 Å². The summed E-state index contributed by atoms with van der Waals surface area (Å²) in [7, 11) is 0. The fourth-order valence-corrected chi connectivity index (χ4v) is 3.21. The van der Waals surface area contributed by atoms with E-state index in [2.05, 4.69) is 10.3 Å². The highest BCUT2D eigenvalue weighted by atomic mass is 19.4. The maximum absolute atomic E-state index is 13.0. The van der Waals surface area contributed by atoms with Crippen LogP contribution in [0.3, 0.4) is 0 Å². The lowest BCUT2D eigenvalue weighted by Crippen LogP contribution is -2.24. The molecule has 8 heteroatoms. The minimum atomic E-state index is -4.51. The molecule has 0 spiro atoms. The van der Waals surface area contributed by atoms with Gasteiger partial charge in [0, 0.05) is 11.9 Å². The molecule has 0 bridgehead atoms. The average molecular weight is 397 g/mol. The molecule has 0 unspecified atom stereocenters. The van der Waals surface area contributed by atoms with E-state index < -0.39 is 23.6 Å². The summed E-state index contributed by atoms with van der Waals surface area (Å²) in [4.78, 5) is 30.6. The number of hydrogen-bond acceptors (Lipinski definition) is 3. The number of anilines is 2.